The molecule has 1 saturated heterocycles. The number of nitrogens with zero attached hydrogens (tertiary/aromatic N) is 1. The van der Waals surface area contributed by atoms with E-state index in [1.54, 1.807) is 4.90 Å². The average molecular weight is 422 g/mol. The Labute approximate surface area is 179 Å². The molecule has 168 valence electrons. The number of unbranched alkanes of at least 4 members (excludes halogenated alkanes) is 1. The Bertz CT molecular complexity index is 662. The third-order valence-corrected chi connectivity index (χ3v) is 4.87. The van der Waals surface area contributed by atoms with Crippen molar-refractivity contribution in [2.75, 3.05) is 26.3 Å². The van der Waals surface area contributed by atoms with Crippen LogP contribution in [0.1, 0.15) is 58.4 Å². The molecule has 0 aromatic heterocycles. The molecule has 0 unspecified atom stereocenters. The molecule has 0 atom stereocenters. The van der Waals surface area contributed by atoms with Crippen LogP contribution < -0.4 is 0 Å². The Hall–Kier alpha value is -2.12. The van der Waals surface area contributed by atoms with E-state index in [-0.39, 0.29) is 25.3 Å². The lowest BCUT2D eigenvalue weighted by atomic mass is 9.92. The maximum Gasteiger partial charge on any atom is 0.410 e. The Morgan fingerprint density at radius 1 is 1.10 bits per heavy atom. The summed E-state index contributed by atoms with van der Waals surface area (Å²) in [5.74, 6) is -0.201. The van der Waals surface area contributed by atoms with Crippen LogP contribution in [0.25, 0.3) is 0 Å². The van der Waals surface area contributed by atoms with Gasteiger partial charge in [-0.25, -0.2) is 4.79 Å². The first-order valence-corrected chi connectivity index (χ1v) is 10.6. The van der Waals surface area contributed by atoms with E-state index in [4.69, 9.17) is 14.2 Å². The van der Waals surface area contributed by atoms with Crippen LogP contribution in [0.3, 0.4) is 0 Å². The van der Waals surface area contributed by atoms with Crippen molar-refractivity contribution in [1.82, 2.24) is 4.90 Å². The number of aliphatic hydroxyl groups is 1. The van der Waals surface area contributed by atoms with Gasteiger partial charge in [0.15, 0.2) is 0 Å². The number of amides is 1. The molecule has 0 spiro atoms. The van der Waals surface area contributed by atoms with E-state index in [9.17, 15) is 14.7 Å². The van der Waals surface area contributed by atoms with Gasteiger partial charge in [0.25, 0.3) is 0 Å². The second kappa shape index (κ2) is 11.3. The van der Waals surface area contributed by atoms with Gasteiger partial charge >= 0.3 is 12.1 Å². The molecule has 2 rings (SSSR count). The average Bonchev–Trinajstić information content (AvgIpc) is 2.69. The second-order valence-corrected chi connectivity index (χ2v) is 8.85. The van der Waals surface area contributed by atoms with Crippen LogP contribution in [0.4, 0.5) is 4.79 Å². The van der Waals surface area contributed by atoms with Crippen molar-refractivity contribution in [1.29, 1.82) is 0 Å². The van der Waals surface area contributed by atoms with E-state index in [0.717, 1.165) is 12.0 Å². The summed E-state index contributed by atoms with van der Waals surface area (Å²) in [6.45, 7) is 7.38. The maximum absolute atomic E-state index is 12.2. The fraction of sp³-hybridized carbons (Fsp3) is 0.652. The summed E-state index contributed by atoms with van der Waals surface area (Å²) in [6.07, 6.45) is 2.33. The van der Waals surface area contributed by atoms with E-state index in [1.165, 1.54) is 0 Å². The number of likely N-dealkylation sites (tertiary alicyclic amines) is 1. The summed E-state index contributed by atoms with van der Waals surface area (Å²) in [5.41, 5.74) is -0.444. The van der Waals surface area contributed by atoms with E-state index in [2.05, 4.69) is 0 Å². The van der Waals surface area contributed by atoms with E-state index >= 15 is 0 Å². The molecule has 0 radical (unpaired) electrons. The van der Waals surface area contributed by atoms with Gasteiger partial charge in [0.05, 0.1) is 12.2 Å². The van der Waals surface area contributed by atoms with Crippen molar-refractivity contribution in [3.63, 3.8) is 0 Å². The van der Waals surface area contributed by atoms with Crippen LogP contribution in [0.2, 0.25) is 0 Å². The monoisotopic (exact) mass is 421 g/mol. The number of piperidine rings is 1. The quantitative estimate of drug-likeness (QED) is 0.484. The van der Waals surface area contributed by atoms with E-state index in [0.29, 0.717) is 45.4 Å². The third kappa shape index (κ3) is 9.13. The smallest absolute Gasteiger partial charge is 0.410 e. The van der Waals surface area contributed by atoms with Gasteiger partial charge in [-0.15, -0.1) is 0 Å². The molecule has 1 heterocycles. The van der Waals surface area contributed by atoms with E-state index in [1.807, 2.05) is 51.1 Å². The molecule has 0 saturated carbocycles. The maximum atomic E-state index is 12.2. The summed E-state index contributed by atoms with van der Waals surface area (Å²) >= 11 is 0. The van der Waals surface area contributed by atoms with Crippen molar-refractivity contribution in [2.45, 2.75) is 70.7 Å². The van der Waals surface area contributed by atoms with E-state index < -0.39 is 11.2 Å². The molecular weight excluding hydrogens is 386 g/mol. The van der Waals surface area contributed by atoms with Crippen LogP contribution in [-0.2, 0) is 25.6 Å². The predicted octanol–water partition coefficient (Wildman–Crippen LogP) is 3.68. The number of hydrogen-bond acceptors (Lipinski definition) is 6. The van der Waals surface area contributed by atoms with Gasteiger partial charge in [-0.3, -0.25) is 4.79 Å². The molecule has 30 heavy (non-hydrogen) atoms. The lowest BCUT2D eigenvalue weighted by Crippen LogP contribution is -2.49. The Morgan fingerprint density at radius 3 is 2.40 bits per heavy atom. The second-order valence-electron chi connectivity index (χ2n) is 8.85. The molecule has 0 bridgehead atoms. The Kier molecular flexibility index (Phi) is 9.11. The normalized spacial score (nSPS) is 16.2. The van der Waals surface area contributed by atoms with Gasteiger partial charge in [-0.2, -0.15) is 0 Å². The molecule has 1 N–H and O–H groups in total. The van der Waals surface area contributed by atoms with Gasteiger partial charge in [-0.1, -0.05) is 30.3 Å². The van der Waals surface area contributed by atoms with Crippen LogP contribution in [-0.4, -0.2) is 59.6 Å². The number of benzene rings is 1. The molecule has 1 aliphatic rings. The Balaban J connectivity index is 1.57. The zero-order chi connectivity index (χ0) is 22.0. The highest BCUT2D eigenvalue weighted by Crippen LogP contribution is 2.23. The Morgan fingerprint density at radius 2 is 1.77 bits per heavy atom. The summed E-state index contributed by atoms with van der Waals surface area (Å²) in [6, 6.07) is 9.55. The first-order chi connectivity index (χ1) is 14.2. The number of esters is 1. The molecule has 0 aliphatic carbocycles. The zero-order valence-corrected chi connectivity index (χ0v) is 18.4. The molecule has 7 nitrogen and oxygen atoms in total. The molecular formula is C23H35NO6. The first kappa shape index (κ1) is 24.2. The topological polar surface area (TPSA) is 85.3 Å². The van der Waals surface area contributed by atoms with Crippen molar-refractivity contribution in [3.8, 4) is 0 Å². The lowest BCUT2D eigenvalue weighted by Gasteiger charge is -2.37. The minimum absolute atomic E-state index is 0.201. The number of ether oxygens (including phenoxy) is 3. The van der Waals surface area contributed by atoms with Crippen molar-refractivity contribution < 1.29 is 28.9 Å². The lowest BCUT2D eigenvalue weighted by molar-refractivity contribution is -0.155. The SMILES string of the molecule is CC(C)(C)OC(=O)CCCCOCC1(O)CCN(C(=O)OCc2ccccc2)CC1. The minimum Gasteiger partial charge on any atom is -0.460 e. The molecule has 1 fully saturated rings. The largest absolute Gasteiger partial charge is 0.460 e. The standard InChI is InChI=1S/C23H35NO6/c1-22(2,3)30-20(25)11-7-8-16-28-18-23(27)12-14-24(15-13-23)21(26)29-17-19-9-5-4-6-10-19/h4-6,9-10,27H,7-8,11-18H2,1-3H3. The van der Waals surface area contributed by atoms with Gasteiger partial charge < -0.3 is 24.2 Å². The summed E-state index contributed by atoms with van der Waals surface area (Å²) in [7, 11) is 0. The first-order valence-electron chi connectivity index (χ1n) is 10.6. The van der Waals surface area contributed by atoms with Gasteiger partial charge in [0, 0.05) is 26.1 Å². The van der Waals surface area contributed by atoms with Crippen LogP contribution in [0.5, 0.6) is 0 Å². The molecule has 1 aromatic rings. The highest BCUT2D eigenvalue weighted by molar-refractivity contribution is 5.69. The fourth-order valence-electron chi connectivity index (χ4n) is 3.19. The number of carbonyl (C=O) groups is 2. The third-order valence-electron chi connectivity index (χ3n) is 4.87. The van der Waals surface area contributed by atoms with Crippen molar-refractivity contribution in [2.24, 2.45) is 0 Å². The summed E-state index contributed by atoms with van der Waals surface area (Å²) in [4.78, 5) is 25.5. The summed E-state index contributed by atoms with van der Waals surface area (Å²) < 4.78 is 16.2. The summed E-state index contributed by atoms with van der Waals surface area (Å²) in [5, 5.41) is 10.7. The highest BCUT2D eigenvalue weighted by atomic mass is 16.6. The molecule has 1 aromatic carbocycles. The number of hydrogen-bond donors (Lipinski definition) is 1. The van der Waals surface area contributed by atoms with Crippen LogP contribution in [0.15, 0.2) is 30.3 Å². The number of carbonyl (C=O) groups excluding carboxylic acids is 2. The molecule has 1 aliphatic heterocycles. The predicted molar refractivity (Wildman–Crippen MR) is 113 cm³/mol. The van der Waals surface area contributed by atoms with Crippen LogP contribution in [0, 0.1) is 0 Å². The number of rotatable bonds is 9. The van der Waals surface area contributed by atoms with Crippen molar-refractivity contribution in [3.05, 3.63) is 35.9 Å². The molecule has 1 amide bonds. The van der Waals surface area contributed by atoms with Crippen LogP contribution >= 0.6 is 0 Å². The van der Waals surface area contributed by atoms with Crippen molar-refractivity contribution >= 4 is 12.1 Å². The highest BCUT2D eigenvalue weighted by Gasteiger charge is 2.34. The van der Waals surface area contributed by atoms with Gasteiger partial charge in [0.1, 0.15) is 12.2 Å². The van der Waals surface area contributed by atoms with Gasteiger partial charge in [-0.05, 0) is 52.0 Å². The van der Waals surface area contributed by atoms with Gasteiger partial charge in [0.2, 0.25) is 0 Å². The molecule has 7 heteroatoms. The fourth-order valence-corrected chi connectivity index (χ4v) is 3.19. The minimum atomic E-state index is -0.929. The zero-order valence-electron chi connectivity index (χ0n) is 18.4.